The molecular weight excluding hydrogens is 456 g/mol. The summed E-state index contributed by atoms with van der Waals surface area (Å²) in [6, 6.07) is 41.1. The Morgan fingerprint density at radius 1 is 0.459 bits per heavy atom. The summed E-state index contributed by atoms with van der Waals surface area (Å²) in [7, 11) is 0. The Morgan fingerprint density at radius 3 is 1.08 bits per heavy atom. The molecule has 0 saturated carbocycles. The Labute approximate surface area is 218 Å². The van der Waals surface area contributed by atoms with E-state index in [0.717, 1.165) is 22.3 Å². The minimum Gasteiger partial charge on any atom is -0.469 e. The number of benzene rings is 4. The quantitative estimate of drug-likeness (QED) is 0.279. The summed E-state index contributed by atoms with van der Waals surface area (Å²) in [5.74, 6) is 1.30. The molecule has 0 aromatic heterocycles. The van der Waals surface area contributed by atoms with Crippen molar-refractivity contribution in [2.75, 3.05) is 0 Å². The van der Waals surface area contributed by atoms with E-state index in [1.54, 1.807) is 0 Å². The SMILES string of the molecule is CC(C)(C1=N[C@@H](c2ccccc2)[C@@H](c2ccccc2)O1)C1=N[C@@H](c2ccccc2)[C@@H](c2ccccc2)O1. The van der Waals surface area contributed by atoms with Crippen LogP contribution in [0.15, 0.2) is 131 Å². The number of hydrogen-bond acceptors (Lipinski definition) is 4. The van der Waals surface area contributed by atoms with Crippen LogP contribution in [0.25, 0.3) is 0 Å². The van der Waals surface area contributed by atoms with Crippen molar-refractivity contribution in [3.63, 3.8) is 0 Å². The van der Waals surface area contributed by atoms with Gasteiger partial charge in [-0.15, -0.1) is 0 Å². The Morgan fingerprint density at radius 2 is 0.757 bits per heavy atom. The van der Waals surface area contributed by atoms with Gasteiger partial charge in [0, 0.05) is 0 Å². The van der Waals surface area contributed by atoms with Gasteiger partial charge in [-0.3, -0.25) is 0 Å². The second-order valence-corrected chi connectivity index (χ2v) is 10.1. The fourth-order valence-corrected chi connectivity index (χ4v) is 5.11. The topological polar surface area (TPSA) is 43.2 Å². The molecular formula is C33H30N2O2. The van der Waals surface area contributed by atoms with E-state index in [0.29, 0.717) is 11.8 Å². The molecule has 0 unspecified atom stereocenters. The average Bonchev–Trinajstić information content (AvgIpc) is 3.62. The molecule has 2 aliphatic heterocycles. The van der Waals surface area contributed by atoms with Gasteiger partial charge in [-0.1, -0.05) is 121 Å². The van der Waals surface area contributed by atoms with Crippen molar-refractivity contribution in [2.24, 2.45) is 15.4 Å². The third kappa shape index (κ3) is 4.44. The average molecular weight is 487 g/mol. The number of hydrogen-bond donors (Lipinski definition) is 0. The molecule has 4 aromatic rings. The van der Waals surface area contributed by atoms with Crippen LogP contribution in [-0.2, 0) is 9.47 Å². The van der Waals surface area contributed by atoms with Gasteiger partial charge in [0.25, 0.3) is 0 Å². The zero-order valence-electron chi connectivity index (χ0n) is 21.1. The van der Waals surface area contributed by atoms with E-state index in [9.17, 15) is 0 Å². The van der Waals surface area contributed by atoms with Crippen molar-refractivity contribution in [3.05, 3.63) is 144 Å². The lowest BCUT2D eigenvalue weighted by Gasteiger charge is -2.26. The summed E-state index contributed by atoms with van der Waals surface area (Å²) in [4.78, 5) is 10.3. The van der Waals surface area contributed by atoms with Crippen molar-refractivity contribution < 1.29 is 9.47 Å². The van der Waals surface area contributed by atoms with Crippen LogP contribution in [0.5, 0.6) is 0 Å². The number of nitrogens with zero attached hydrogens (tertiary/aromatic N) is 2. The largest absolute Gasteiger partial charge is 0.469 e. The lowest BCUT2D eigenvalue weighted by molar-refractivity contribution is 0.162. The van der Waals surface area contributed by atoms with E-state index in [-0.39, 0.29) is 24.3 Å². The Bertz CT molecular complexity index is 1290. The molecule has 2 heterocycles. The highest BCUT2D eigenvalue weighted by molar-refractivity contribution is 6.05. The lowest BCUT2D eigenvalue weighted by Crippen LogP contribution is -2.34. The van der Waals surface area contributed by atoms with Crippen molar-refractivity contribution in [1.82, 2.24) is 0 Å². The molecule has 0 spiro atoms. The van der Waals surface area contributed by atoms with Gasteiger partial charge in [0.05, 0.1) is 0 Å². The molecule has 0 saturated heterocycles. The standard InChI is InChI=1S/C33H30N2O2/c1-33(2,31-34-27(23-15-7-3-8-16-23)29(36-31)25-19-11-5-12-20-25)32-35-28(24-17-9-4-10-18-24)30(37-32)26-21-13-6-14-22-26/h3-22,27-30H,1-2H3/t27-,28-,29+,30+/m0/s1. The molecule has 2 aliphatic rings. The van der Waals surface area contributed by atoms with Gasteiger partial charge in [-0.25, -0.2) is 9.98 Å². The van der Waals surface area contributed by atoms with Gasteiger partial charge in [0.1, 0.15) is 17.5 Å². The third-order valence-corrected chi connectivity index (χ3v) is 7.17. The van der Waals surface area contributed by atoms with E-state index >= 15 is 0 Å². The summed E-state index contributed by atoms with van der Waals surface area (Å²) in [5.41, 5.74) is 3.81. The number of ether oxygens (including phenoxy) is 2. The van der Waals surface area contributed by atoms with Crippen molar-refractivity contribution >= 4 is 11.8 Å². The van der Waals surface area contributed by atoms with Crippen LogP contribution in [0.3, 0.4) is 0 Å². The summed E-state index contributed by atoms with van der Waals surface area (Å²) in [5, 5.41) is 0. The zero-order chi connectivity index (χ0) is 25.2. The minimum atomic E-state index is -0.646. The van der Waals surface area contributed by atoms with E-state index < -0.39 is 5.41 Å². The summed E-state index contributed by atoms with van der Waals surface area (Å²) in [6.07, 6.45) is -0.426. The van der Waals surface area contributed by atoms with E-state index in [2.05, 4.69) is 86.6 Å². The second-order valence-electron chi connectivity index (χ2n) is 10.1. The first kappa shape index (κ1) is 23.2. The molecule has 0 amide bonds. The minimum absolute atomic E-state index is 0.144. The molecule has 0 N–H and O–H groups in total. The van der Waals surface area contributed by atoms with Gasteiger partial charge in [-0.05, 0) is 36.1 Å². The first-order valence-electron chi connectivity index (χ1n) is 12.8. The molecule has 4 atom stereocenters. The molecule has 0 fully saturated rings. The number of aliphatic imine (C=N–C) groups is 2. The maximum atomic E-state index is 6.66. The smallest absolute Gasteiger partial charge is 0.200 e. The Hall–Kier alpha value is -4.18. The van der Waals surface area contributed by atoms with E-state index in [4.69, 9.17) is 19.5 Å². The molecule has 6 rings (SSSR count). The fraction of sp³-hybridized carbons (Fsp3) is 0.212. The molecule has 0 radical (unpaired) electrons. The fourth-order valence-electron chi connectivity index (χ4n) is 5.11. The highest BCUT2D eigenvalue weighted by atomic mass is 16.5. The second kappa shape index (κ2) is 9.70. The first-order valence-corrected chi connectivity index (χ1v) is 12.8. The normalized spacial score (nSPS) is 23.1. The Kier molecular flexibility index (Phi) is 6.09. The highest BCUT2D eigenvalue weighted by Crippen LogP contribution is 2.47. The molecule has 4 nitrogen and oxygen atoms in total. The molecule has 0 bridgehead atoms. The predicted octanol–water partition coefficient (Wildman–Crippen LogP) is 7.84. The van der Waals surface area contributed by atoms with Crippen LogP contribution in [0.4, 0.5) is 0 Å². The van der Waals surface area contributed by atoms with Crippen molar-refractivity contribution in [3.8, 4) is 0 Å². The predicted molar refractivity (Wildman–Crippen MR) is 148 cm³/mol. The van der Waals surface area contributed by atoms with Crippen LogP contribution in [0, 0.1) is 5.41 Å². The maximum Gasteiger partial charge on any atom is 0.200 e. The molecule has 0 aliphatic carbocycles. The van der Waals surface area contributed by atoms with Crippen molar-refractivity contribution in [2.45, 2.75) is 38.1 Å². The van der Waals surface area contributed by atoms with Gasteiger partial charge < -0.3 is 9.47 Å². The van der Waals surface area contributed by atoms with Crippen LogP contribution in [0.2, 0.25) is 0 Å². The van der Waals surface area contributed by atoms with Gasteiger partial charge in [0.15, 0.2) is 24.0 Å². The molecule has 184 valence electrons. The molecule has 4 heteroatoms. The van der Waals surface area contributed by atoms with E-state index in [1.807, 2.05) is 48.5 Å². The van der Waals surface area contributed by atoms with E-state index in [1.165, 1.54) is 0 Å². The Balaban J connectivity index is 1.37. The van der Waals surface area contributed by atoms with Gasteiger partial charge in [-0.2, -0.15) is 0 Å². The number of rotatable bonds is 6. The van der Waals surface area contributed by atoms with Gasteiger partial charge >= 0.3 is 0 Å². The first-order chi connectivity index (χ1) is 18.1. The van der Waals surface area contributed by atoms with Crippen LogP contribution >= 0.6 is 0 Å². The van der Waals surface area contributed by atoms with Gasteiger partial charge in [0.2, 0.25) is 0 Å². The zero-order valence-corrected chi connectivity index (χ0v) is 21.1. The van der Waals surface area contributed by atoms with Crippen LogP contribution in [-0.4, -0.2) is 11.8 Å². The summed E-state index contributed by atoms with van der Waals surface area (Å²) < 4.78 is 13.3. The molecule has 4 aromatic carbocycles. The highest BCUT2D eigenvalue weighted by Gasteiger charge is 2.47. The summed E-state index contributed by atoms with van der Waals surface area (Å²) >= 11 is 0. The van der Waals surface area contributed by atoms with Crippen LogP contribution in [0.1, 0.15) is 60.4 Å². The van der Waals surface area contributed by atoms with Crippen LogP contribution < -0.4 is 0 Å². The van der Waals surface area contributed by atoms with Crippen molar-refractivity contribution in [1.29, 1.82) is 0 Å². The molecule has 37 heavy (non-hydrogen) atoms. The summed E-state index contributed by atoms with van der Waals surface area (Å²) in [6.45, 7) is 4.19. The maximum absolute atomic E-state index is 6.66. The lowest BCUT2D eigenvalue weighted by atomic mass is 9.93. The monoisotopic (exact) mass is 486 g/mol. The third-order valence-electron chi connectivity index (χ3n) is 7.17.